The van der Waals surface area contributed by atoms with Crippen LogP contribution in [0.15, 0.2) is 24.3 Å². The van der Waals surface area contributed by atoms with E-state index in [-0.39, 0.29) is 5.82 Å². The second-order valence-corrected chi connectivity index (χ2v) is 6.24. The molecule has 6 nitrogen and oxygen atoms in total. The standard InChI is InChI=1S/C17H19FN6/c1-24-15(19)13-14(10-6-8-11(18)9-7-10)21-17(22-16(13)23-24)20-12-4-2-3-5-12/h6-9,12H,2-5,19H2,1H3,(H,20,22,23). The minimum absolute atomic E-state index is 0.285. The van der Waals surface area contributed by atoms with Crippen molar-refractivity contribution in [3.8, 4) is 11.3 Å². The fourth-order valence-corrected chi connectivity index (χ4v) is 3.25. The number of benzene rings is 1. The molecule has 1 aromatic carbocycles. The summed E-state index contributed by atoms with van der Waals surface area (Å²) in [5, 5.41) is 8.47. The fraction of sp³-hybridized carbons (Fsp3) is 0.353. The summed E-state index contributed by atoms with van der Waals surface area (Å²) >= 11 is 0. The number of anilines is 2. The zero-order chi connectivity index (χ0) is 16.7. The van der Waals surface area contributed by atoms with E-state index in [0.29, 0.717) is 34.5 Å². The molecule has 2 heterocycles. The van der Waals surface area contributed by atoms with Gasteiger partial charge in [0.1, 0.15) is 11.6 Å². The predicted octanol–water partition coefficient (Wildman–Crippen LogP) is 3.11. The molecule has 1 aliphatic carbocycles. The first-order valence-corrected chi connectivity index (χ1v) is 8.14. The van der Waals surface area contributed by atoms with Gasteiger partial charge in [-0.2, -0.15) is 10.1 Å². The van der Waals surface area contributed by atoms with Crippen LogP contribution < -0.4 is 11.1 Å². The van der Waals surface area contributed by atoms with E-state index in [1.807, 2.05) is 0 Å². The highest BCUT2D eigenvalue weighted by molar-refractivity contribution is 5.98. The normalized spacial score (nSPS) is 15.2. The van der Waals surface area contributed by atoms with E-state index in [1.54, 1.807) is 23.9 Å². The number of fused-ring (bicyclic) bond motifs is 1. The molecule has 1 aliphatic rings. The highest BCUT2D eigenvalue weighted by Gasteiger charge is 2.20. The van der Waals surface area contributed by atoms with Crippen LogP contribution in [-0.2, 0) is 7.05 Å². The maximum absolute atomic E-state index is 13.3. The predicted molar refractivity (Wildman–Crippen MR) is 92.0 cm³/mol. The molecule has 3 N–H and O–H groups in total. The van der Waals surface area contributed by atoms with Crippen molar-refractivity contribution in [1.29, 1.82) is 0 Å². The van der Waals surface area contributed by atoms with E-state index in [9.17, 15) is 4.39 Å². The van der Waals surface area contributed by atoms with Gasteiger partial charge in [-0.3, -0.25) is 4.68 Å². The van der Waals surface area contributed by atoms with Crippen molar-refractivity contribution in [1.82, 2.24) is 19.7 Å². The molecule has 124 valence electrons. The van der Waals surface area contributed by atoms with Crippen LogP contribution in [0.3, 0.4) is 0 Å². The minimum atomic E-state index is -0.285. The van der Waals surface area contributed by atoms with Crippen molar-refractivity contribution < 1.29 is 4.39 Å². The number of hydrogen-bond donors (Lipinski definition) is 2. The Morgan fingerprint density at radius 1 is 1.17 bits per heavy atom. The van der Waals surface area contributed by atoms with E-state index in [0.717, 1.165) is 18.4 Å². The van der Waals surface area contributed by atoms with Gasteiger partial charge >= 0.3 is 0 Å². The van der Waals surface area contributed by atoms with E-state index < -0.39 is 0 Å². The van der Waals surface area contributed by atoms with E-state index in [4.69, 9.17) is 5.73 Å². The van der Waals surface area contributed by atoms with E-state index >= 15 is 0 Å². The molecule has 0 radical (unpaired) electrons. The molecule has 1 saturated carbocycles. The third-order valence-corrected chi connectivity index (χ3v) is 4.55. The Morgan fingerprint density at radius 2 is 1.88 bits per heavy atom. The Hall–Kier alpha value is -2.70. The average molecular weight is 326 g/mol. The van der Waals surface area contributed by atoms with Crippen LogP contribution in [0.2, 0.25) is 0 Å². The lowest BCUT2D eigenvalue weighted by atomic mass is 10.1. The smallest absolute Gasteiger partial charge is 0.225 e. The Kier molecular flexibility index (Phi) is 3.55. The van der Waals surface area contributed by atoms with Crippen LogP contribution in [0, 0.1) is 5.82 Å². The van der Waals surface area contributed by atoms with Gasteiger partial charge < -0.3 is 11.1 Å². The van der Waals surface area contributed by atoms with Crippen LogP contribution in [0.4, 0.5) is 16.2 Å². The van der Waals surface area contributed by atoms with Crippen LogP contribution in [0.5, 0.6) is 0 Å². The van der Waals surface area contributed by atoms with Crippen molar-refractivity contribution in [2.45, 2.75) is 31.7 Å². The SMILES string of the molecule is Cn1nc2nc(NC3CCCC3)nc(-c3ccc(F)cc3)c2c1N. The molecule has 0 unspecified atom stereocenters. The van der Waals surface area contributed by atoms with E-state index in [1.165, 1.54) is 25.0 Å². The summed E-state index contributed by atoms with van der Waals surface area (Å²) in [6, 6.07) is 6.62. The lowest BCUT2D eigenvalue weighted by Gasteiger charge is -2.13. The first-order chi connectivity index (χ1) is 11.6. The molecule has 7 heteroatoms. The number of aryl methyl sites for hydroxylation is 1. The molecule has 0 saturated heterocycles. The zero-order valence-corrected chi connectivity index (χ0v) is 13.5. The molecule has 1 fully saturated rings. The highest BCUT2D eigenvalue weighted by atomic mass is 19.1. The summed E-state index contributed by atoms with van der Waals surface area (Å²) in [7, 11) is 1.77. The Balaban J connectivity index is 1.86. The average Bonchev–Trinajstić information content (AvgIpc) is 3.16. The molecule has 0 amide bonds. The van der Waals surface area contributed by atoms with Crippen molar-refractivity contribution in [2.75, 3.05) is 11.1 Å². The first-order valence-electron chi connectivity index (χ1n) is 8.14. The fourth-order valence-electron chi connectivity index (χ4n) is 3.25. The first kappa shape index (κ1) is 14.9. The molecule has 4 rings (SSSR count). The second-order valence-electron chi connectivity index (χ2n) is 6.24. The quantitative estimate of drug-likeness (QED) is 0.773. The number of nitrogens with zero attached hydrogens (tertiary/aromatic N) is 4. The molecule has 0 spiro atoms. The molecule has 0 bridgehead atoms. The van der Waals surface area contributed by atoms with Crippen LogP contribution in [-0.4, -0.2) is 25.8 Å². The summed E-state index contributed by atoms with van der Waals surface area (Å²) in [5.41, 5.74) is 8.15. The van der Waals surface area contributed by atoms with Crippen molar-refractivity contribution in [3.05, 3.63) is 30.1 Å². The zero-order valence-electron chi connectivity index (χ0n) is 13.5. The summed E-state index contributed by atoms with van der Waals surface area (Å²) < 4.78 is 14.9. The summed E-state index contributed by atoms with van der Waals surface area (Å²) in [6.07, 6.45) is 4.69. The van der Waals surface area contributed by atoms with Gasteiger partial charge in [0.25, 0.3) is 0 Å². The van der Waals surface area contributed by atoms with Gasteiger partial charge in [-0.05, 0) is 37.1 Å². The van der Waals surface area contributed by atoms with Gasteiger partial charge in [-0.15, -0.1) is 0 Å². The highest BCUT2D eigenvalue weighted by Crippen LogP contribution is 2.31. The van der Waals surface area contributed by atoms with Gasteiger partial charge in [-0.25, -0.2) is 9.37 Å². The number of nitrogens with two attached hydrogens (primary N) is 1. The third-order valence-electron chi connectivity index (χ3n) is 4.55. The molecule has 0 atom stereocenters. The molecule has 0 aliphatic heterocycles. The van der Waals surface area contributed by atoms with Crippen LogP contribution >= 0.6 is 0 Å². The number of nitrogens with one attached hydrogen (secondary N) is 1. The van der Waals surface area contributed by atoms with E-state index in [2.05, 4.69) is 20.4 Å². The summed E-state index contributed by atoms with van der Waals surface area (Å²) in [6.45, 7) is 0. The number of aromatic nitrogens is 4. The third kappa shape index (κ3) is 2.55. The maximum atomic E-state index is 13.3. The molecule has 24 heavy (non-hydrogen) atoms. The Labute approximate surface area is 138 Å². The molecular weight excluding hydrogens is 307 g/mol. The molecule has 2 aromatic heterocycles. The summed E-state index contributed by atoms with van der Waals surface area (Å²) in [4.78, 5) is 9.18. The van der Waals surface area contributed by atoms with Gasteiger partial charge in [0.15, 0.2) is 5.65 Å². The van der Waals surface area contributed by atoms with Gasteiger partial charge in [-0.1, -0.05) is 12.8 Å². The van der Waals surface area contributed by atoms with Gasteiger partial charge in [0, 0.05) is 18.7 Å². The monoisotopic (exact) mass is 326 g/mol. The molecule has 3 aromatic rings. The van der Waals surface area contributed by atoms with Crippen LogP contribution in [0.1, 0.15) is 25.7 Å². The lowest BCUT2D eigenvalue weighted by molar-refractivity contribution is 0.628. The number of halogens is 1. The Morgan fingerprint density at radius 3 is 2.58 bits per heavy atom. The Bertz CT molecular complexity index is 880. The lowest BCUT2D eigenvalue weighted by Crippen LogP contribution is -2.17. The van der Waals surface area contributed by atoms with Gasteiger partial charge in [0.2, 0.25) is 5.95 Å². The van der Waals surface area contributed by atoms with Crippen molar-refractivity contribution in [2.24, 2.45) is 7.05 Å². The molecular formula is C17H19FN6. The number of rotatable bonds is 3. The largest absolute Gasteiger partial charge is 0.383 e. The minimum Gasteiger partial charge on any atom is -0.383 e. The van der Waals surface area contributed by atoms with Gasteiger partial charge in [0.05, 0.1) is 11.1 Å². The summed E-state index contributed by atoms with van der Waals surface area (Å²) in [5.74, 6) is 0.760. The van der Waals surface area contributed by atoms with Crippen molar-refractivity contribution >= 4 is 22.8 Å². The number of hydrogen-bond acceptors (Lipinski definition) is 5. The number of nitrogen functional groups attached to an aromatic ring is 1. The topological polar surface area (TPSA) is 81.7 Å². The van der Waals surface area contributed by atoms with Crippen LogP contribution in [0.25, 0.3) is 22.3 Å². The second kappa shape index (κ2) is 5.74. The van der Waals surface area contributed by atoms with Crippen molar-refractivity contribution in [3.63, 3.8) is 0 Å². The maximum Gasteiger partial charge on any atom is 0.225 e.